The molecular weight excluding hydrogens is 262 g/mol. The van der Waals surface area contributed by atoms with E-state index in [1.807, 2.05) is 18.3 Å². The lowest BCUT2D eigenvalue weighted by molar-refractivity contribution is 0.159. The van der Waals surface area contributed by atoms with E-state index in [1.54, 1.807) is 0 Å². The molecule has 0 aromatic carbocycles. The van der Waals surface area contributed by atoms with Crippen molar-refractivity contribution >= 4 is 0 Å². The molecule has 0 saturated heterocycles. The van der Waals surface area contributed by atoms with Crippen LogP contribution in [0.2, 0.25) is 0 Å². The van der Waals surface area contributed by atoms with Gasteiger partial charge >= 0.3 is 0 Å². The maximum atomic E-state index is 9.54. The summed E-state index contributed by atoms with van der Waals surface area (Å²) in [5.41, 5.74) is 1.01. The molecule has 0 aliphatic carbocycles. The lowest BCUT2D eigenvalue weighted by Gasteiger charge is -2.29. The lowest BCUT2D eigenvalue weighted by Crippen LogP contribution is -2.46. The Morgan fingerprint density at radius 2 is 2.14 bits per heavy atom. The van der Waals surface area contributed by atoms with Crippen molar-refractivity contribution in [3.8, 4) is 0 Å². The van der Waals surface area contributed by atoms with Crippen LogP contribution in [0.5, 0.6) is 0 Å². The van der Waals surface area contributed by atoms with Gasteiger partial charge in [-0.1, -0.05) is 13.0 Å². The van der Waals surface area contributed by atoms with Crippen molar-refractivity contribution in [3.05, 3.63) is 30.1 Å². The molecule has 1 atom stereocenters. The van der Waals surface area contributed by atoms with Crippen LogP contribution in [0.4, 0.5) is 0 Å². The second-order valence-electron chi connectivity index (χ2n) is 6.12. The number of hydrogen-bond donors (Lipinski definition) is 2. The average molecular weight is 293 g/mol. The summed E-state index contributed by atoms with van der Waals surface area (Å²) in [7, 11) is 2.15. The minimum absolute atomic E-state index is 0.141. The standard InChI is InChI=1S/C17H31N3O/c1-4-11-19-17(2,15-21)10-7-13-20(3)14-9-16-8-5-6-12-18-16/h5-6,8,12,19,21H,4,7,9-11,13-15H2,1-3H3. The zero-order chi connectivity index (χ0) is 15.6. The van der Waals surface area contributed by atoms with Crippen molar-refractivity contribution in [2.45, 2.75) is 45.1 Å². The summed E-state index contributed by atoms with van der Waals surface area (Å²) in [6, 6.07) is 6.06. The highest BCUT2D eigenvalue weighted by Gasteiger charge is 2.21. The summed E-state index contributed by atoms with van der Waals surface area (Å²) in [4.78, 5) is 6.69. The maximum absolute atomic E-state index is 9.54. The van der Waals surface area contributed by atoms with Gasteiger partial charge in [-0.2, -0.15) is 0 Å². The summed E-state index contributed by atoms with van der Waals surface area (Å²) in [6.45, 7) is 7.50. The van der Waals surface area contributed by atoms with Gasteiger partial charge in [-0.05, 0) is 58.5 Å². The van der Waals surface area contributed by atoms with Crippen LogP contribution >= 0.6 is 0 Å². The summed E-state index contributed by atoms with van der Waals surface area (Å²) < 4.78 is 0. The molecule has 1 rings (SSSR count). The quantitative estimate of drug-likeness (QED) is 0.656. The fourth-order valence-corrected chi connectivity index (χ4v) is 2.35. The molecule has 0 saturated carbocycles. The van der Waals surface area contributed by atoms with Crippen LogP contribution in [-0.2, 0) is 6.42 Å². The fourth-order valence-electron chi connectivity index (χ4n) is 2.35. The first kappa shape index (κ1) is 18.1. The first-order chi connectivity index (χ1) is 10.1. The molecule has 21 heavy (non-hydrogen) atoms. The molecule has 2 N–H and O–H groups in total. The average Bonchev–Trinajstić information content (AvgIpc) is 2.52. The van der Waals surface area contributed by atoms with Gasteiger partial charge in [-0.15, -0.1) is 0 Å². The third-order valence-electron chi connectivity index (χ3n) is 3.89. The predicted octanol–water partition coefficient (Wildman–Crippen LogP) is 2.09. The summed E-state index contributed by atoms with van der Waals surface area (Å²) in [5.74, 6) is 0. The molecule has 4 nitrogen and oxygen atoms in total. The van der Waals surface area contributed by atoms with E-state index in [0.29, 0.717) is 0 Å². The number of aromatic nitrogens is 1. The van der Waals surface area contributed by atoms with Crippen LogP contribution < -0.4 is 5.32 Å². The number of aliphatic hydroxyl groups is 1. The number of rotatable bonds is 11. The van der Waals surface area contributed by atoms with Gasteiger partial charge in [0.25, 0.3) is 0 Å². The van der Waals surface area contributed by atoms with Crippen molar-refractivity contribution in [2.24, 2.45) is 0 Å². The minimum atomic E-state index is -0.141. The molecule has 0 spiro atoms. The van der Waals surface area contributed by atoms with E-state index < -0.39 is 0 Å². The van der Waals surface area contributed by atoms with E-state index in [9.17, 15) is 5.11 Å². The molecule has 0 bridgehead atoms. The zero-order valence-electron chi connectivity index (χ0n) is 13.8. The van der Waals surface area contributed by atoms with Gasteiger partial charge in [-0.25, -0.2) is 0 Å². The molecule has 0 fully saturated rings. The van der Waals surface area contributed by atoms with Crippen LogP contribution in [0.15, 0.2) is 24.4 Å². The van der Waals surface area contributed by atoms with E-state index >= 15 is 0 Å². The smallest absolute Gasteiger partial charge is 0.0610 e. The predicted molar refractivity (Wildman–Crippen MR) is 88.5 cm³/mol. The second kappa shape index (κ2) is 9.87. The normalized spacial score (nSPS) is 14.3. The van der Waals surface area contributed by atoms with E-state index in [1.165, 1.54) is 0 Å². The fraction of sp³-hybridized carbons (Fsp3) is 0.706. The van der Waals surface area contributed by atoms with Crippen LogP contribution in [0.1, 0.15) is 38.8 Å². The monoisotopic (exact) mass is 293 g/mol. The van der Waals surface area contributed by atoms with Gasteiger partial charge in [0.1, 0.15) is 0 Å². The molecule has 0 radical (unpaired) electrons. The highest BCUT2D eigenvalue weighted by Crippen LogP contribution is 2.12. The van der Waals surface area contributed by atoms with Crippen molar-refractivity contribution in [2.75, 3.05) is 33.3 Å². The van der Waals surface area contributed by atoms with Crippen LogP contribution in [0.25, 0.3) is 0 Å². The molecule has 1 unspecified atom stereocenters. The molecular formula is C17H31N3O. The number of nitrogens with one attached hydrogen (secondary N) is 1. The summed E-state index contributed by atoms with van der Waals surface area (Å²) in [6.07, 6.45) is 6.02. The highest BCUT2D eigenvalue weighted by atomic mass is 16.3. The SMILES string of the molecule is CCCNC(C)(CO)CCCN(C)CCc1ccccn1. The van der Waals surface area contributed by atoms with E-state index in [-0.39, 0.29) is 12.1 Å². The Labute approximate surface area is 129 Å². The van der Waals surface area contributed by atoms with Crippen LogP contribution in [-0.4, -0.2) is 53.8 Å². The zero-order valence-corrected chi connectivity index (χ0v) is 13.8. The Morgan fingerprint density at radius 1 is 1.33 bits per heavy atom. The number of nitrogens with zero attached hydrogens (tertiary/aromatic N) is 2. The number of pyridine rings is 1. The van der Waals surface area contributed by atoms with Gasteiger partial charge in [0, 0.05) is 30.4 Å². The Morgan fingerprint density at radius 3 is 2.76 bits per heavy atom. The Hall–Kier alpha value is -0.970. The summed E-state index contributed by atoms with van der Waals surface area (Å²) in [5, 5.41) is 13.0. The maximum Gasteiger partial charge on any atom is 0.0610 e. The Bertz CT molecular complexity index is 372. The molecule has 1 aromatic heterocycles. The van der Waals surface area contributed by atoms with Crippen LogP contribution in [0, 0.1) is 0 Å². The Kier molecular flexibility index (Phi) is 8.50. The van der Waals surface area contributed by atoms with E-state index in [0.717, 1.165) is 51.0 Å². The largest absolute Gasteiger partial charge is 0.394 e. The van der Waals surface area contributed by atoms with E-state index in [2.05, 4.69) is 42.2 Å². The number of hydrogen-bond acceptors (Lipinski definition) is 4. The molecule has 1 aromatic rings. The minimum Gasteiger partial charge on any atom is -0.394 e. The number of aliphatic hydroxyl groups excluding tert-OH is 1. The summed E-state index contributed by atoms with van der Waals surface area (Å²) >= 11 is 0. The lowest BCUT2D eigenvalue weighted by atomic mass is 9.96. The van der Waals surface area contributed by atoms with E-state index in [4.69, 9.17) is 0 Å². The molecule has 1 heterocycles. The van der Waals surface area contributed by atoms with Crippen molar-refractivity contribution in [3.63, 3.8) is 0 Å². The van der Waals surface area contributed by atoms with Gasteiger partial charge in [0.15, 0.2) is 0 Å². The third kappa shape index (κ3) is 7.55. The van der Waals surface area contributed by atoms with Crippen molar-refractivity contribution < 1.29 is 5.11 Å². The van der Waals surface area contributed by atoms with Crippen molar-refractivity contribution in [1.29, 1.82) is 0 Å². The molecule has 4 heteroatoms. The topological polar surface area (TPSA) is 48.4 Å². The van der Waals surface area contributed by atoms with Crippen molar-refractivity contribution in [1.82, 2.24) is 15.2 Å². The third-order valence-corrected chi connectivity index (χ3v) is 3.89. The van der Waals surface area contributed by atoms with Gasteiger partial charge in [0.2, 0.25) is 0 Å². The van der Waals surface area contributed by atoms with Crippen LogP contribution in [0.3, 0.4) is 0 Å². The van der Waals surface area contributed by atoms with Gasteiger partial charge in [-0.3, -0.25) is 4.98 Å². The highest BCUT2D eigenvalue weighted by molar-refractivity contribution is 5.03. The Balaban J connectivity index is 2.21. The molecule has 120 valence electrons. The van der Waals surface area contributed by atoms with Gasteiger partial charge in [0.05, 0.1) is 6.61 Å². The first-order valence-corrected chi connectivity index (χ1v) is 8.04. The molecule has 0 aliphatic heterocycles. The molecule has 0 aliphatic rings. The number of likely N-dealkylation sites (N-methyl/N-ethyl adjacent to an activating group) is 1. The second-order valence-corrected chi connectivity index (χ2v) is 6.12. The van der Waals surface area contributed by atoms with Gasteiger partial charge < -0.3 is 15.3 Å². The molecule has 0 amide bonds. The first-order valence-electron chi connectivity index (χ1n) is 8.04.